The Morgan fingerprint density at radius 3 is 2.53 bits per heavy atom. The van der Waals surface area contributed by atoms with Gasteiger partial charge >= 0.3 is 0 Å². The van der Waals surface area contributed by atoms with Gasteiger partial charge in [-0.3, -0.25) is 9.59 Å². The van der Waals surface area contributed by atoms with Gasteiger partial charge in [-0.1, -0.05) is 6.92 Å². The van der Waals surface area contributed by atoms with Gasteiger partial charge in [0.2, 0.25) is 11.8 Å². The van der Waals surface area contributed by atoms with Crippen LogP contribution in [-0.4, -0.2) is 54.8 Å². The van der Waals surface area contributed by atoms with Crippen molar-refractivity contribution in [2.24, 2.45) is 17.6 Å². The van der Waals surface area contributed by atoms with E-state index in [1.807, 2.05) is 13.8 Å². The minimum atomic E-state index is -0.225. The molecule has 0 spiro atoms. The molecule has 0 bridgehead atoms. The van der Waals surface area contributed by atoms with Gasteiger partial charge in [0, 0.05) is 39.6 Å². The number of nitrogens with two attached hydrogens (primary N) is 1. The SMILES string of the molecule is CCN(C)C(=O)CCN1C[C@@H](C)[C@H](C(N)=O)C1. The topological polar surface area (TPSA) is 66.6 Å². The largest absolute Gasteiger partial charge is 0.369 e. The molecule has 5 nitrogen and oxygen atoms in total. The first-order valence-corrected chi connectivity index (χ1v) is 6.21. The highest BCUT2D eigenvalue weighted by Crippen LogP contribution is 2.22. The molecule has 98 valence electrons. The van der Waals surface area contributed by atoms with Crippen molar-refractivity contribution in [3.63, 3.8) is 0 Å². The number of nitrogens with zero attached hydrogens (tertiary/aromatic N) is 2. The van der Waals surface area contributed by atoms with Crippen LogP contribution in [0.15, 0.2) is 0 Å². The summed E-state index contributed by atoms with van der Waals surface area (Å²) in [6.45, 7) is 7.00. The predicted molar refractivity (Wildman–Crippen MR) is 66.2 cm³/mol. The van der Waals surface area contributed by atoms with Crippen LogP contribution in [0.5, 0.6) is 0 Å². The molecule has 0 aromatic rings. The first-order valence-electron chi connectivity index (χ1n) is 6.21. The summed E-state index contributed by atoms with van der Waals surface area (Å²) < 4.78 is 0. The maximum absolute atomic E-state index is 11.6. The Morgan fingerprint density at radius 1 is 1.41 bits per heavy atom. The molecule has 1 rings (SSSR count). The molecule has 1 aliphatic heterocycles. The van der Waals surface area contributed by atoms with E-state index in [1.165, 1.54) is 0 Å². The molecule has 5 heteroatoms. The van der Waals surface area contributed by atoms with Crippen LogP contribution < -0.4 is 5.73 Å². The Kier molecular flexibility index (Phi) is 4.93. The maximum Gasteiger partial charge on any atom is 0.223 e. The third-order valence-corrected chi connectivity index (χ3v) is 3.60. The van der Waals surface area contributed by atoms with Crippen LogP contribution in [-0.2, 0) is 9.59 Å². The van der Waals surface area contributed by atoms with Gasteiger partial charge in [-0.2, -0.15) is 0 Å². The monoisotopic (exact) mass is 241 g/mol. The summed E-state index contributed by atoms with van der Waals surface area (Å²) in [5.74, 6) is 0.167. The Labute approximate surface area is 103 Å². The summed E-state index contributed by atoms with van der Waals surface area (Å²) in [5.41, 5.74) is 5.34. The maximum atomic E-state index is 11.6. The summed E-state index contributed by atoms with van der Waals surface area (Å²) in [6, 6.07) is 0. The lowest BCUT2D eigenvalue weighted by atomic mass is 9.98. The molecule has 2 amide bonds. The average molecular weight is 241 g/mol. The number of carbonyl (C=O) groups excluding carboxylic acids is 2. The Balaban J connectivity index is 2.35. The summed E-state index contributed by atoms with van der Waals surface area (Å²) in [5, 5.41) is 0. The molecule has 1 aliphatic rings. The van der Waals surface area contributed by atoms with E-state index >= 15 is 0 Å². The van der Waals surface area contributed by atoms with E-state index in [0.717, 1.165) is 19.6 Å². The summed E-state index contributed by atoms with van der Waals surface area (Å²) >= 11 is 0. The van der Waals surface area contributed by atoms with Crippen LogP contribution in [0.4, 0.5) is 0 Å². The molecule has 1 saturated heterocycles. The second-order valence-corrected chi connectivity index (χ2v) is 4.90. The van der Waals surface area contributed by atoms with Crippen LogP contribution >= 0.6 is 0 Å². The van der Waals surface area contributed by atoms with Gasteiger partial charge in [0.25, 0.3) is 0 Å². The second-order valence-electron chi connectivity index (χ2n) is 4.90. The zero-order chi connectivity index (χ0) is 13.0. The van der Waals surface area contributed by atoms with E-state index in [4.69, 9.17) is 5.73 Å². The Bertz CT molecular complexity index is 293. The van der Waals surface area contributed by atoms with E-state index in [2.05, 4.69) is 4.90 Å². The predicted octanol–water partition coefficient (Wildman–Crippen LogP) is -0.0920. The molecule has 0 aromatic heterocycles. The van der Waals surface area contributed by atoms with E-state index in [0.29, 0.717) is 18.9 Å². The molecule has 0 aliphatic carbocycles. The molecule has 0 unspecified atom stereocenters. The number of primary amides is 1. The molecular weight excluding hydrogens is 218 g/mol. The van der Waals surface area contributed by atoms with Crippen molar-refractivity contribution in [2.45, 2.75) is 20.3 Å². The number of hydrogen-bond donors (Lipinski definition) is 1. The molecule has 0 aromatic carbocycles. The fraction of sp³-hybridized carbons (Fsp3) is 0.833. The minimum absolute atomic E-state index is 0.0611. The normalized spacial score (nSPS) is 24.9. The highest BCUT2D eigenvalue weighted by atomic mass is 16.2. The number of carbonyl (C=O) groups is 2. The number of rotatable bonds is 5. The van der Waals surface area contributed by atoms with Crippen molar-refractivity contribution in [2.75, 3.05) is 33.2 Å². The Morgan fingerprint density at radius 2 is 2.06 bits per heavy atom. The number of hydrogen-bond acceptors (Lipinski definition) is 3. The van der Waals surface area contributed by atoms with Crippen LogP contribution in [0.2, 0.25) is 0 Å². The highest BCUT2D eigenvalue weighted by molar-refractivity contribution is 5.78. The standard InChI is InChI=1S/C12H23N3O2/c1-4-14(3)11(16)5-6-15-7-9(2)10(8-15)12(13)17/h9-10H,4-8H2,1-3H3,(H2,13,17)/t9-,10-/m1/s1. The van der Waals surface area contributed by atoms with Crippen molar-refractivity contribution in [1.82, 2.24) is 9.80 Å². The quantitative estimate of drug-likeness (QED) is 0.731. The van der Waals surface area contributed by atoms with Gasteiger partial charge in [-0.15, -0.1) is 0 Å². The van der Waals surface area contributed by atoms with E-state index < -0.39 is 0 Å². The van der Waals surface area contributed by atoms with Gasteiger partial charge in [0.15, 0.2) is 0 Å². The molecule has 1 fully saturated rings. The first kappa shape index (κ1) is 14.0. The van der Waals surface area contributed by atoms with E-state index in [9.17, 15) is 9.59 Å². The van der Waals surface area contributed by atoms with Crippen molar-refractivity contribution < 1.29 is 9.59 Å². The van der Waals surface area contributed by atoms with Crippen LogP contribution in [0.1, 0.15) is 20.3 Å². The van der Waals surface area contributed by atoms with Crippen molar-refractivity contribution in [1.29, 1.82) is 0 Å². The highest BCUT2D eigenvalue weighted by Gasteiger charge is 2.33. The summed E-state index contributed by atoms with van der Waals surface area (Å²) in [7, 11) is 1.81. The fourth-order valence-corrected chi connectivity index (χ4v) is 2.24. The summed E-state index contributed by atoms with van der Waals surface area (Å²) in [4.78, 5) is 26.7. The smallest absolute Gasteiger partial charge is 0.223 e. The average Bonchev–Trinajstić information content (AvgIpc) is 2.66. The van der Waals surface area contributed by atoms with E-state index in [1.54, 1.807) is 11.9 Å². The molecule has 0 radical (unpaired) electrons. The third kappa shape index (κ3) is 3.70. The molecule has 2 atom stereocenters. The van der Waals surface area contributed by atoms with Crippen molar-refractivity contribution >= 4 is 11.8 Å². The first-order chi connectivity index (χ1) is 7.95. The minimum Gasteiger partial charge on any atom is -0.369 e. The van der Waals surface area contributed by atoms with Crippen LogP contribution in [0.3, 0.4) is 0 Å². The molecule has 0 saturated carbocycles. The molecule has 2 N–H and O–H groups in total. The third-order valence-electron chi connectivity index (χ3n) is 3.60. The molecular formula is C12H23N3O2. The van der Waals surface area contributed by atoms with Crippen molar-refractivity contribution in [3.05, 3.63) is 0 Å². The van der Waals surface area contributed by atoms with Gasteiger partial charge in [-0.05, 0) is 12.8 Å². The summed E-state index contributed by atoms with van der Waals surface area (Å²) in [6.07, 6.45) is 0.516. The second kappa shape index (κ2) is 6.00. The lowest BCUT2D eigenvalue weighted by Crippen LogP contribution is -2.32. The van der Waals surface area contributed by atoms with Gasteiger partial charge in [0.1, 0.15) is 0 Å². The fourth-order valence-electron chi connectivity index (χ4n) is 2.24. The Hall–Kier alpha value is -1.10. The lowest BCUT2D eigenvalue weighted by Gasteiger charge is -2.18. The zero-order valence-electron chi connectivity index (χ0n) is 11.0. The molecule has 17 heavy (non-hydrogen) atoms. The van der Waals surface area contributed by atoms with Crippen LogP contribution in [0.25, 0.3) is 0 Å². The number of amides is 2. The van der Waals surface area contributed by atoms with Crippen molar-refractivity contribution in [3.8, 4) is 0 Å². The lowest BCUT2D eigenvalue weighted by molar-refractivity contribution is -0.130. The van der Waals surface area contributed by atoms with Gasteiger partial charge < -0.3 is 15.5 Å². The number of likely N-dealkylation sites (tertiary alicyclic amines) is 1. The van der Waals surface area contributed by atoms with Gasteiger partial charge in [0.05, 0.1) is 5.92 Å². The van der Waals surface area contributed by atoms with Crippen LogP contribution in [0, 0.1) is 11.8 Å². The van der Waals surface area contributed by atoms with Gasteiger partial charge in [-0.25, -0.2) is 0 Å². The zero-order valence-corrected chi connectivity index (χ0v) is 11.0. The van der Waals surface area contributed by atoms with E-state index in [-0.39, 0.29) is 17.7 Å². The molecule has 1 heterocycles.